The molecule has 0 heterocycles. The van der Waals surface area contributed by atoms with E-state index in [0.717, 1.165) is 18.4 Å². The zero-order valence-corrected chi connectivity index (χ0v) is 9.55. The maximum Gasteiger partial charge on any atom is 0.125 e. The minimum atomic E-state index is -0.572. The Hall–Kier alpha value is -1.29. The maximum absolute atomic E-state index is 12.8. The number of ether oxygens (including phenoxy) is 2. The van der Waals surface area contributed by atoms with Crippen LogP contribution in [0.25, 0.3) is 0 Å². The van der Waals surface area contributed by atoms with E-state index in [4.69, 9.17) is 15.2 Å². The van der Waals surface area contributed by atoms with Crippen LogP contribution in [0.3, 0.4) is 0 Å². The van der Waals surface area contributed by atoms with E-state index in [-0.39, 0.29) is 5.54 Å². The summed E-state index contributed by atoms with van der Waals surface area (Å²) in [5.41, 5.74) is 7.22. The van der Waals surface area contributed by atoms with Gasteiger partial charge in [0.25, 0.3) is 0 Å². The molecule has 16 heavy (non-hydrogen) atoms. The van der Waals surface area contributed by atoms with Crippen molar-refractivity contribution in [3.8, 4) is 11.5 Å². The molecular weight excluding hydrogens is 209 g/mol. The van der Waals surface area contributed by atoms with Gasteiger partial charge in [-0.1, -0.05) is 0 Å². The lowest BCUT2D eigenvalue weighted by Gasteiger charge is -2.17. The van der Waals surface area contributed by atoms with Crippen LogP contribution in [0.2, 0.25) is 0 Å². The van der Waals surface area contributed by atoms with E-state index < -0.39 is 6.67 Å². The Balaban J connectivity index is 2.51. The van der Waals surface area contributed by atoms with Gasteiger partial charge in [0.05, 0.1) is 14.2 Å². The van der Waals surface area contributed by atoms with Crippen LogP contribution in [-0.4, -0.2) is 14.2 Å². The third kappa shape index (κ3) is 1.73. The van der Waals surface area contributed by atoms with E-state index >= 15 is 0 Å². The predicted molar refractivity (Wildman–Crippen MR) is 59.5 cm³/mol. The molecule has 0 aliphatic heterocycles. The van der Waals surface area contributed by atoms with Crippen molar-refractivity contribution < 1.29 is 13.9 Å². The largest absolute Gasteiger partial charge is 0.496 e. The normalized spacial score (nSPS) is 17.0. The van der Waals surface area contributed by atoms with Crippen LogP contribution in [0.1, 0.15) is 24.0 Å². The minimum Gasteiger partial charge on any atom is -0.496 e. The first-order valence-electron chi connectivity index (χ1n) is 5.25. The highest BCUT2D eigenvalue weighted by Crippen LogP contribution is 2.48. The Labute approximate surface area is 94.3 Å². The number of methoxy groups -OCH3 is 2. The summed E-state index contributed by atoms with van der Waals surface area (Å²) in [6.07, 6.45) is 1.86. The molecule has 0 radical (unpaired) electrons. The molecule has 0 atom stereocenters. The fraction of sp³-hybridized carbons (Fsp3) is 0.500. The van der Waals surface area contributed by atoms with E-state index in [0.29, 0.717) is 17.1 Å². The second-order valence-corrected chi connectivity index (χ2v) is 4.15. The molecule has 0 amide bonds. The van der Waals surface area contributed by atoms with E-state index in [1.54, 1.807) is 19.2 Å². The number of hydrogen-bond donors (Lipinski definition) is 1. The molecule has 0 saturated heterocycles. The molecule has 88 valence electrons. The number of halogens is 1. The summed E-state index contributed by atoms with van der Waals surface area (Å²) in [5, 5.41) is 0. The number of hydrogen-bond acceptors (Lipinski definition) is 3. The lowest BCUT2D eigenvalue weighted by atomic mass is 10.0. The van der Waals surface area contributed by atoms with Gasteiger partial charge in [0.1, 0.15) is 18.2 Å². The van der Waals surface area contributed by atoms with Crippen molar-refractivity contribution in [2.45, 2.75) is 25.1 Å². The Morgan fingerprint density at radius 1 is 1.25 bits per heavy atom. The van der Waals surface area contributed by atoms with Gasteiger partial charge >= 0.3 is 0 Å². The summed E-state index contributed by atoms with van der Waals surface area (Å²) >= 11 is 0. The molecular formula is C12H16FNO2. The van der Waals surface area contributed by atoms with Crippen molar-refractivity contribution >= 4 is 0 Å². The molecule has 1 fully saturated rings. The monoisotopic (exact) mass is 225 g/mol. The van der Waals surface area contributed by atoms with E-state index in [1.807, 2.05) is 0 Å². The molecule has 0 spiro atoms. The summed E-state index contributed by atoms with van der Waals surface area (Å²) in [4.78, 5) is 0. The first-order valence-corrected chi connectivity index (χ1v) is 5.25. The van der Waals surface area contributed by atoms with Gasteiger partial charge in [-0.25, -0.2) is 4.39 Å². The van der Waals surface area contributed by atoms with Crippen LogP contribution in [-0.2, 0) is 12.2 Å². The van der Waals surface area contributed by atoms with Gasteiger partial charge in [-0.2, -0.15) is 0 Å². The van der Waals surface area contributed by atoms with Crippen LogP contribution in [0.15, 0.2) is 12.1 Å². The van der Waals surface area contributed by atoms with Crippen molar-refractivity contribution in [2.24, 2.45) is 5.73 Å². The molecule has 1 aliphatic carbocycles. The van der Waals surface area contributed by atoms with Gasteiger partial charge in [-0.05, 0) is 25.0 Å². The summed E-state index contributed by atoms with van der Waals surface area (Å²) in [7, 11) is 3.10. The van der Waals surface area contributed by atoms with Crippen molar-refractivity contribution in [3.63, 3.8) is 0 Å². The zero-order valence-electron chi connectivity index (χ0n) is 9.55. The molecule has 4 heteroatoms. The molecule has 1 aromatic rings. The fourth-order valence-corrected chi connectivity index (χ4v) is 1.86. The first-order chi connectivity index (χ1) is 7.64. The second kappa shape index (κ2) is 3.94. The number of benzene rings is 1. The van der Waals surface area contributed by atoms with Gasteiger partial charge in [0.2, 0.25) is 0 Å². The fourth-order valence-electron chi connectivity index (χ4n) is 1.86. The topological polar surface area (TPSA) is 44.5 Å². The first kappa shape index (κ1) is 11.2. The van der Waals surface area contributed by atoms with Gasteiger partial charge in [0.15, 0.2) is 0 Å². The molecule has 2 N–H and O–H groups in total. The Morgan fingerprint density at radius 3 is 2.31 bits per heavy atom. The Bertz CT molecular complexity index is 402. The summed E-state index contributed by atoms with van der Waals surface area (Å²) < 4.78 is 23.2. The van der Waals surface area contributed by atoms with Crippen molar-refractivity contribution in [2.75, 3.05) is 14.2 Å². The van der Waals surface area contributed by atoms with Gasteiger partial charge in [-0.3, -0.25) is 0 Å². The summed E-state index contributed by atoms with van der Waals surface area (Å²) in [6.45, 7) is -0.572. The Morgan fingerprint density at radius 2 is 1.88 bits per heavy atom. The SMILES string of the molecule is COc1cc(C2(N)CC2)c(OC)cc1CF. The molecule has 1 saturated carbocycles. The standard InChI is InChI=1S/C12H16FNO2/c1-15-10-6-9(12(14)3-4-12)11(16-2)5-8(10)7-13/h5-6H,3-4,7,14H2,1-2H3. The van der Waals surface area contributed by atoms with Crippen molar-refractivity contribution in [3.05, 3.63) is 23.3 Å². The zero-order chi connectivity index (χ0) is 11.8. The van der Waals surface area contributed by atoms with Crippen LogP contribution in [0, 0.1) is 0 Å². The quantitative estimate of drug-likeness (QED) is 0.853. The summed E-state index contributed by atoms with van der Waals surface area (Å²) in [5.74, 6) is 1.18. The van der Waals surface area contributed by atoms with Crippen LogP contribution < -0.4 is 15.2 Å². The lowest BCUT2D eigenvalue weighted by Crippen LogP contribution is -2.20. The van der Waals surface area contributed by atoms with Gasteiger partial charge in [-0.15, -0.1) is 0 Å². The molecule has 1 aliphatic rings. The molecule has 3 nitrogen and oxygen atoms in total. The Kier molecular flexibility index (Phi) is 2.76. The highest BCUT2D eigenvalue weighted by Gasteiger charge is 2.42. The summed E-state index contributed by atoms with van der Waals surface area (Å²) in [6, 6.07) is 3.46. The molecule has 2 rings (SSSR count). The average Bonchev–Trinajstić information content (AvgIpc) is 3.06. The van der Waals surface area contributed by atoms with Crippen LogP contribution in [0.5, 0.6) is 11.5 Å². The third-order valence-corrected chi connectivity index (χ3v) is 3.07. The van der Waals surface area contributed by atoms with E-state index in [2.05, 4.69) is 0 Å². The van der Waals surface area contributed by atoms with E-state index in [1.165, 1.54) is 7.11 Å². The maximum atomic E-state index is 12.8. The molecule has 0 aromatic heterocycles. The lowest BCUT2D eigenvalue weighted by molar-refractivity contribution is 0.379. The van der Waals surface area contributed by atoms with Crippen LogP contribution >= 0.6 is 0 Å². The van der Waals surface area contributed by atoms with Crippen molar-refractivity contribution in [1.82, 2.24) is 0 Å². The highest BCUT2D eigenvalue weighted by molar-refractivity contribution is 5.51. The van der Waals surface area contributed by atoms with Gasteiger partial charge in [0, 0.05) is 16.7 Å². The van der Waals surface area contributed by atoms with Gasteiger partial charge < -0.3 is 15.2 Å². The van der Waals surface area contributed by atoms with Crippen molar-refractivity contribution in [1.29, 1.82) is 0 Å². The average molecular weight is 225 g/mol. The number of alkyl halides is 1. The number of nitrogens with two attached hydrogens (primary N) is 1. The highest BCUT2D eigenvalue weighted by atomic mass is 19.1. The van der Waals surface area contributed by atoms with Crippen LogP contribution in [0.4, 0.5) is 4.39 Å². The molecule has 1 aromatic carbocycles. The third-order valence-electron chi connectivity index (χ3n) is 3.07. The number of rotatable bonds is 4. The smallest absolute Gasteiger partial charge is 0.125 e. The van der Waals surface area contributed by atoms with E-state index in [9.17, 15) is 4.39 Å². The molecule has 0 bridgehead atoms. The predicted octanol–water partition coefficient (Wildman–Crippen LogP) is 2.12. The minimum absolute atomic E-state index is 0.312. The second-order valence-electron chi connectivity index (χ2n) is 4.15. The molecule has 0 unspecified atom stereocenters.